The van der Waals surface area contributed by atoms with Crippen LogP contribution in [0.5, 0.6) is 0 Å². The largest absolute Gasteiger partial charge is 0.193 e. The summed E-state index contributed by atoms with van der Waals surface area (Å²) in [5.41, 5.74) is 1.25. The standard InChI is InChI=1S/C10H5ClN2/c11-10-6-8(2-1-5-12)3-4-9(10)7-13/h1-4,6H. The van der Waals surface area contributed by atoms with E-state index in [0.29, 0.717) is 10.6 Å². The van der Waals surface area contributed by atoms with Gasteiger partial charge in [0.1, 0.15) is 6.07 Å². The van der Waals surface area contributed by atoms with E-state index in [0.717, 1.165) is 5.56 Å². The van der Waals surface area contributed by atoms with Crippen LogP contribution in [0.25, 0.3) is 6.08 Å². The normalized spacial score (nSPS) is 9.46. The monoisotopic (exact) mass is 188 g/mol. The zero-order chi connectivity index (χ0) is 9.68. The zero-order valence-corrected chi connectivity index (χ0v) is 7.42. The molecule has 0 unspecified atom stereocenters. The Kier molecular flexibility index (Phi) is 3.09. The molecule has 0 N–H and O–H groups in total. The predicted octanol–water partition coefficient (Wildman–Crippen LogP) is 2.75. The quantitative estimate of drug-likeness (QED) is 0.637. The molecule has 0 saturated heterocycles. The van der Waals surface area contributed by atoms with Gasteiger partial charge in [0.25, 0.3) is 0 Å². The van der Waals surface area contributed by atoms with E-state index in [2.05, 4.69) is 0 Å². The van der Waals surface area contributed by atoms with Crippen molar-refractivity contribution >= 4 is 17.7 Å². The van der Waals surface area contributed by atoms with Gasteiger partial charge < -0.3 is 0 Å². The highest BCUT2D eigenvalue weighted by Gasteiger charge is 1.97. The zero-order valence-electron chi connectivity index (χ0n) is 6.66. The minimum Gasteiger partial charge on any atom is -0.193 e. The van der Waals surface area contributed by atoms with Crippen molar-refractivity contribution in [1.82, 2.24) is 0 Å². The molecule has 0 aliphatic heterocycles. The molecule has 0 aliphatic carbocycles. The van der Waals surface area contributed by atoms with Gasteiger partial charge in [-0.3, -0.25) is 0 Å². The van der Waals surface area contributed by atoms with E-state index in [4.69, 9.17) is 22.1 Å². The number of allylic oxidation sites excluding steroid dienone is 1. The fourth-order valence-corrected chi connectivity index (χ4v) is 1.09. The van der Waals surface area contributed by atoms with Crippen LogP contribution >= 0.6 is 11.6 Å². The minimum atomic E-state index is 0.405. The van der Waals surface area contributed by atoms with Gasteiger partial charge in [0, 0.05) is 6.08 Å². The molecule has 0 amide bonds. The first-order valence-corrected chi connectivity index (χ1v) is 3.91. The number of halogens is 1. The summed E-state index contributed by atoms with van der Waals surface area (Å²) in [6, 6.07) is 8.84. The molecule has 3 heteroatoms. The van der Waals surface area contributed by atoms with Crippen LogP contribution in [0.4, 0.5) is 0 Å². The molecule has 62 valence electrons. The average molecular weight is 189 g/mol. The van der Waals surface area contributed by atoms with Crippen LogP contribution in [-0.4, -0.2) is 0 Å². The molecule has 1 aromatic rings. The van der Waals surface area contributed by atoms with Gasteiger partial charge in [-0.2, -0.15) is 10.5 Å². The maximum atomic E-state index is 8.58. The van der Waals surface area contributed by atoms with E-state index in [1.54, 1.807) is 24.3 Å². The highest BCUT2D eigenvalue weighted by atomic mass is 35.5. The number of rotatable bonds is 1. The molecule has 13 heavy (non-hydrogen) atoms. The fourth-order valence-electron chi connectivity index (χ4n) is 0.859. The molecule has 1 rings (SSSR count). The molecule has 0 saturated carbocycles. The summed E-state index contributed by atoms with van der Waals surface area (Å²) in [5.74, 6) is 0. The Morgan fingerprint density at radius 1 is 1.31 bits per heavy atom. The molecule has 0 spiro atoms. The molecular weight excluding hydrogens is 184 g/mol. The third kappa shape index (κ3) is 2.33. The van der Waals surface area contributed by atoms with Crippen molar-refractivity contribution in [3.63, 3.8) is 0 Å². The van der Waals surface area contributed by atoms with E-state index in [1.165, 1.54) is 6.08 Å². The number of nitriles is 2. The first kappa shape index (κ1) is 9.32. The first-order chi connectivity index (χ1) is 6.27. The van der Waals surface area contributed by atoms with Crippen molar-refractivity contribution in [2.24, 2.45) is 0 Å². The van der Waals surface area contributed by atoms with E-state index < -0.39 is 0 Å². The summed E-state index contributed by atoms with van der Waals surface area (Å²) in [4.78, 5) is 0. The van der Waals surface area contributed by atoms with Crippen molar-refractivity contribution in [3.05, 3.63) is 40.4 Å². The van der Waals surface area contributed by atoms with Crippen LogP contribution in [0, 0.1) is 22.7 Å². The molecule has 0 radical (unpaired) electrons. The molecule has 0 aromatic heterocycles. The van der Waals surface area contributed by atoms with Crippen LogP contribution in [0.2, 0.25) is 5.02 Å². The van der Waals surface area contributed by atoms with Gasteiger partial charge in [0.15, 0.2) is 0 Å². The van der Waals surface area contributed by atoms with E-state index in [9.17, 15) is 0 Å². The molecule has 1 aromatic carbocycles. The van der Waals surface area contributed by atoms with Crippen molar-refractivity contribution in [2.75, 3.05) is 0 Å². The second kappa shape index (κ2) is 4.30. The van der Waals surface area contributed by atoms with Gasteiger partial charge in [-0.25, -0.2) is 0 Å². The minimum absolute atomic E-state index is 0.405. The molecule has 0 aliphatic rings. The van der Waals surface area contributed by atoms with Crippen LogP contribution < -0.4 is 0 Å². The Morgan fingerprint density at radius 2 is 2.08 bits per heavy atom. The lowest BCUT2D eigenvalue weighted by molar-refractivity contribution is 1.48. The maximum Gasteiger partial charge on any atom is 0.101 e. The topological polar surface area (TPSA) is 47.6 Å². The molecular formula is C10H5ClN2. The van der Waals surface area contributed by atoms with Gasteiger partial charge in [-0.1, -0.05) is 17.7 Å². The second-order valence-electron chi connectivity index (χ2n) is 2.31. The number of benzene rings is 1. The fraction of sp³-hybridized carbons (Fsp3) is 0. The van der Waals surface area contributed by atoms with E-state index >= 15 is 0 Å². The van der Waals surface area contributed by atoms with Crippen molar-refractivity contribution in [2.45, 2.75) is 0 Å². The summed E-state index contributed by atoms with van der Waals surface area (Å²) >= 11 is 5.77. The lowest BCUT2D eigenvalue weighted by Crippen LogP contribution is -1.78. The van der Waals surface area contributed by atoms with Gasteiger partial charge in [-0.15, -0.1) is 0 Å². The Balaban J connectivity index is 3.06. The van der Waals surface area contributed by atoms with Gasteiger partial charge in [0.05, 0.1) is 16.7 Å². The van der Waals surface area contributed by atoms with Crippen LogP contribution in [0.3, 0.4) is 0 Å². The highest BCUT2D eigenvalue weighted by Crippen LogP contribution is 2.17. The summed E-state index contributed by atoms with van der Waals surface area (Å²) in [6.45, 7) is 0. The maximum absolute atomic E-state index is 8.58. The summed E-state index contributed by atoms with van der Waals surface area (Å²) < 4.78 is 0. The van der Waals surface area contributed by atoms with E-state index in [1.807, 2.05) is 12.1 Å². The Labute approximate surface area is 81.3 Å². The summed E-state index contributed by atoms with van der Waals surface area (Å²) in [7, 11) is 0. The molecule has 0 fully saturated rings. The SMILES string of the molecule is N#CC=Cc1ccc(C#N)c(Cl)c1. The second-order valence-corrected chi connectivity index (χ2v) is 2.72. The van der Waals surface area contributed by atoms with Crippen molar-refractivity contribution < 1.29 is 0 Å². The van der Waals surface area contributed by atoms with Crippen molar-refractivity contribution in [3.8, 4) is 12.1 Å². The third-order valence-electron chi connectivity index (χ3n) is 1.46. The third-order valence-corrected chi connectivity index (χ3v) is 1.78. The lowest BCUT2D eigenvalue weighted by atomic mass is 10.1. The van der Waals surface area contributed by atoms with Gasteiger partial charge in [0.2, 0.25) is 0 Å². The molecule has 2 nitrogen and oxygen atoms in total. The molecule has 0 atom stereocenters. The Bertz CT molecular complexity index is 422. The number of nitrogens with zero attached hydrogens (tertiary/aromatic N) is 2. The van der Waals surface area contributed by atoms with Gasteiger partial charge >= 0.3 is 0 Å². The smallest absolute Gasteiger partial charge is 0.101 e. The average Bonchev–Trinajstić information content (AvgIpc) is 2.15. The summed E-state index contributed by atoms with van der Waals surface area (Å²) in [6.07, 6.45) is 2.99. The lowest BCUT2D eigenvalue weighted by Gasteiger charge is -1.95. The highest BCUT2D eigenvalue weighted by molar-refractivity contribution is 6.31. The van der Waals surface area contributed by atoms with Crippen LogP contribution in [0.15, 0.2) is 24.3 Å². The number of hydrogen-bond donors (Lipinski definition) is 0. The summed E-state index contributed by atoms with van der Waals surface area (Å²) in [5, 5.41) is 17.3. The Morgan fingerprint density at radius 3 is 2.62 bits per heavy atom. The van der Waals surface area contributed by atoms with Crippen LogP contribution in [0.1, 0.15) is 11.1 Å². The molecule has 0 heterocycles. The Hall–Kier alpha value is -1.77. The van der Waals surface area contributed by atoms with Gasteiger partial charge in [-0.05, 0) is 23.8 Å². The predicted molar refractivity (Wildman–Crippen MR) is 50.8 cm³/mol. The number of hydrogen-bond acceptors (Lipinski definition) is 2. The molecule has 0 bridgehead atoms. The van der Waals surface area contributed by atoms with Crippen LogP contribution in [-0.2, 0) is 0 Å². The van der Waals surface area contributed by atoms with Crippen molar-refractivity contribution in [1.29, 1.82) is 10.5 Å². The first-order valence-electron chi connectivity index (χ1n) is 3.53. The van der Waals surface area contributed by atoms with E-state index in [-0.39, 0.29) is 0 Å².